The summed E-state index contributed by atoms with van der Waals surface area (Å²) < 4.78 is 0. The van der Waals surface area contributed by atoms with Gasteiger partial charge in [0.1, 0.15) is 0 Å². The Hall–Kier alpha value is -0.460. The van der Waals surface area contributed by atoms with Gasteiger partial charge in [0.05, 0.1) is 0 Å². The fourth-order valence-corrected chi connectivity index (χ4v) is 3.22. The third kappa shape index (κ3) is 4.00. The summed E-state index contributed by atoms with van der Waals surface area (Å²) in [6.07, 6.45) is 3.91. The van der Waals surface area contributed by atoms with Crippen LogP contribution in [0.3, 0.4) is 0 Å². The molecule has 1 aliphatic rings. The van der Waals surface area contributed by atoms with Crippen LogP contribution in [-0.2, 0) is 0 Å². The third-order valence-corrected chi connectivity index (χ3v) is 4.04. The molecule has 0 fully saturated rings. The second-order valence-corrected chi connectivity index (χ2v) is 9.11. The average Bonchev–Trinajstić information content (AvgIpc) is 2.35. The molecule has 112 valence electrons. The molecule has 0 atom stereocenters. The molecule has 0 bridgehead atoms. The highest BCUT2D eigenvalue weighted by Gasteiger charge is 2.36. The van der Waals surface area contributed by atoms with E-state index >= 15 is 0 Å². The lowest BCUT2D eigenvalue weighted by Crippen LogP contribution is -2.45. The first-order valence-electron chi connectivity index (χ1n) is 7.87. The molecule has 0 N–H and O–H groups in total. The van der Waals surface area contributed by atoms with Crippen LogP contribution in [-0.4, -0.2) is 17.0 Å². The van der Waals surface area contributed by atoms with E-state index in [-0.39, 0.29) is 16.4 Å². The maximum Gasteiger partial charge on any atom is 0.0315 e. The molecule has 0 spiro atoms. The summed E-state index contributed by atoms with van der Waals surface area (Å²) in [5.41, 5.74) is 3.98. The summed E-state index contributed by atoms with van der Waals surface area (Å²) >= 11 is 0. The lowest BCUT2D eigenvalue weighted by atomic mass is 9.76. The molecule has 0 aromatic heterocycles. The molecule has 0 unspecified atom stereocenters. The average molecular weight is 265 g/mol. The van der Waals surface area contributed by atoms with E-state index in [9.17, 15) is 0 Å². The normalized spacial score (nSPS) is 19.7. The number of rotatable bonds is 0. The van der Waals surface area contributed by atoms with Crippen LogP contribution in [0.15, 0.2) is 11.3 Å². The Kier molecular flexibility index (Phi) is 4.49. The Bertz CT molecular complexity index is 341. The van der Waals surface area contributed by atoms with Gasteiger partial charge in [0.15, 0.2) is 0 Å². The van der Waals surface area contributed by atoms with Gasteiger partial charge in [-0.3, -0.25) is 0 Å². The molecule has 1 heteroatoms. The lowest BCUT2D eigenvalue weighted by molar-refractivity contribution is 0.144. The van der Waals surface area contributed by atoms with Crippen LogP contribution in [0.5, 0.6) is 0 Å². The molecular weight excluding hydrogens is 230 g/mol. The van der Waals surface area contributed by atoms with Gasteiger partial charge >= 0.3 is 0 Å². The van der Waals surface area contributed by atoms with Crippen molar-refractivity contribution in [3.8, 4) is 0 Å². The van der Waals surface area contributed by atoms with Gasteiger partial charge in [-0.15, -0.1) is 0 Å². The van der Waals surface area contributed by atoms with Crippen LogP contribution in [0, 0.1) is 10.8 Å². The summed E-state index contributed by atoms with van der Waals surface area (Å²) in [4.78, 5) is 2.68. The molecule has 19 heavy (non-hydrogen) atoms. The molecule has 0 aromatic rings. The highest BCUT2D eigenvalue weighted by molar-refractivity contribution is 5.26. The molecule has 0 radical (unpaired) electrons. The molecule has 1 heterocycles. The van der Waals surface area contributed by atoms with Gasteiger partial charge in [0.25, 0.3) is 0 Å². The van der Waals surface area contributed by atoms with Crippen molar-refractivity contribution in [1.82, 2.24) is 4.90 Å². The van der Waals surface area contributed by atoms with E-state index in [0.29, 0.717) is 0 Å². The predicted octanol–water partition coefficient (Wildman–Crippen LogP) is 5.62. The second kappa shape index (κ2) is 5.14. The molecule has 0 amide bonds. The molecule has 1 aliphatic heterocycles. The quantitative estimate of drug-likeness (QED) is 0.549. The second-order valence-electron chi connectivity index (χ2n) is 9.11. The number of hydrogen-bond donors (Lipinski definition) is 0. The Balaban J connectivity index is 3.47. The minimum absolute atomic E-state index is 0.212. The number of hydrogen-bond acceptors (Lipinski definition) is 1. The zero-order chi connectivity index (χ0) is 15.1. The zero-order valence-corrected chi connectivity index (χ0v) is 14.8. The van der Waals surface area contributed by atoms with Gasteiger partial charge in [0, 0.05) is 23.2 Å². The van der Waals surface area contributed by atoms with Gasteiger partial charge in [-0.1, -0.05) is 41.5 Å². The van der Waals surface area contributed by atoms with Gasteiger partial charge in [-0.2, -0.15) is 0 Å². The van der Waals surface area contributed by atoms with Crippen LogP contribution in [0.1, 0.15) is 81.6 Å². The fraction of sp³-hybridized carbons (Fsp3) is 0.889. The molecule has 0 aromatic carbocycles. The minimum atomic E-state index is 0.212. The van der Waals surface area contributed by atoms with E-state index in [1.807, 2.05) is 0 Å². The maximum atomic E-state index is 2.68. The maximum absolute atomic E-state index is 2.68. The van der Waals surface area contributed by atoms with Crippen LogP contribution in [0.4, 0.5) is 0 Å². The lowest BCUT2D eigenvalue weighted by Gasteiger charge is -2.46. The summed E-state index contributed by atoms with van der Waals surface area (Å²) in [6, 6.07) is 0. The highest BCUT2D eigenvalue weighted by atomic mass is 15.2. The largest absolute Gasteiger partial charge is 0.370 e. The minimum Gasteiger partial charge on any atom is -0.370 e. The van der Waals surface area contributed by atoms with E-state index in [0.717, 1.165) is 0 Å². The molecule has 1 nitrogen and oxygen atoms in total. The van der Waals surface area contributed by atoms with Crippen LogP contribution >= 0.6 is 0 Å². The van der Waals surface area contributed by atoms with E-state index < -0.39 is 0 Å². The molecule has 0 saturated heterocycles. The predicted molar refractivity (Wildman–Crippen MR) is 86.2 cm³/mol. The van der Waals surface area contributed by atoms with Gasteiger partial charge < -0.3 is 4.90 Å². The smallest absolute Gasteiger partial charge is 0.0315 e. The number of nitrogens with zero attached hydrogens (tertiary/aromatic N) is 1. The van der Waals surface area contributed by atoms with Crippen molar-refractivity contribution in [2.45, 2.75) is 87.1 Å². The Morgan fingerprint density at radius 3 is 1.63 bits per heavy atom. The molecular formula is C18H35N. The van der Waals surface area contributed by atoms with E-state index in [1.165, 1.54) is 25.8 Å². The highest BCUT2D eigenvalue weighted by Crippen LogP contribution is 2.44. The standard InChI is InChI=1S/C18H35N/c1-16(2,3)14-12-10-11-13-19(18(7,8)9)15(14)17(4,5)6/h10-13H2,1-9H3. The zero-order valence-electron chi connectivity index (χ0n) is 14.8. The molecule has 0 saturated carbocycles. The fourth-order valence-electron chi connectivity index (χ4n) is 3.22. The molecule has 0 aliphatic carbocycles. The van der Waals surface area contributed by atoms with Crippen molar-refractivity contribution >= 4 is 0 Å². The summed E-state index contributed by atoms with van der Waals surface area (Å²) in [5, 5.41) is 0. The number of allylic oxidation sites excluding steroid dienone is 2. The molecule has 1 rings (SSSR count). The Morgan fingerprint density at radius 2 is 1.26 bits per heavy atom. The van der Waals surface area contributed by atoms with Crippen molar-refractivity contribution in [1.29, 1.82) is 0 Å². The van der Waals surface area contributed by atoms with Crippen LogP contribution < -0.4 is 0 Å². The van der Waals surface area contributed by atoms with Crippen molar-refractivity contribution in [3.63, 3.8) is 0 Å². The van der Waals surface area contributed by atoms with Crippen molar-refractivity contribution < 1.29 is 0 Å². The van der Waals surface area contributed by atoms with Crippen LogP contribution in [0.2, 0.25) is 0 Å². The van der Waals surface area contributed by atoms with Crippen molar-refractivity contribution in [3.05, 3.63) is 11.3 Å². The van der Waals surface area contributed by atoms with E-state index in [1.54, 1.807) is 11.3 Å². The topological polar surface area (TPSA) is 3.24 Å². The summed E-state index contributed by atoms with van der Waals surface area (Å²) in [6.45, 7) is 22.5. The van der Waals surface area contributed by atoms with Crippen molar-refractivity contribution in [2.24, 2.45) is 10.8 Å². The Morgan fingerprint density at radius 1 is 0.737 bits per heavy atom. The summed E-state index contributed by atoms with van der Waals surface area (Å²) in [5.74, 6) is 0. The third-order valence-electron chi connectivity index (χ3n) is 4.04. The van der Waals surface area contributed by atoms with Gasteiger partial charge in [-0.05, 0) is 51.0 Å². The van der Waals surface area contributed by atoms with E-state index in [2.05, 4.69) is 67.2 Å². The summed E-state index contributed by atoms with van der Waals surface area (Å²) in [7, 11) is 0. The monoisotopic (exact) mass is 265 g/mol. The van der Waals surface area contributed by atoms with Crippen molar-refractivity contribution in [2.75, 3.05) is 6.54 Å². The first kappa shape index (κ1) is 16.6. The first-order valence-corrected chi connectivity index (χ1v) is 7.87. The Labute approximate surface area is 121 Å². The SMILES string of the molecule is CC(C)(C)C1=C(C(C)(C)C)N(C(C)(C)C)CCCC1. The van der Waals surface area contributed by atoms with E-state index in [4.69, 9.17) is 0 Å². The van der Waals surface area contributed by atoms with Gasteiger partial charge in [-0.25, -0.2) is 0 Å². The van der Waals surface area contributed by atoms with Gasteiger partial charge in [0.2, 0.25) is 0 Å². The van der Waals surface area contributed by atoms with Crippen LogP contribution in [0.25, 0.3) is 0 Å². The first-order chi connectivity index (χ1) is 8.35.